The van der Waals surface area contributed by atoms with E-state index in [0.717, 1.165) is 20.4 Å². The number of fused-ring (bicyclic) bond motifs is 1. The monoisotopic (exact) mass is 284 g/mol. The number of nitrogens with zero attached hydrogens (tertiary/aromatic N) is 3. The number of aryl methyl sites for hydroxylation is 2. The number of hydrogen-bond acceptors (Lipinski definition) is 6. The predicted molar refractivity (Wildman–Crippen MR) is 66.9 cm³/mol. The summed E-state index contributed by atoms with van der Waals surface area (Å²) in [7, 11) is -3.59. The molecule has 1 aliphatic rings. The van der Waals surface area contributed by atoms with Crippen LogP contribution in [0.4, 0.5) is 0 Å². The van der Waals surface area contributed by atoms with Gasteiger partial charge in [0.1, 0.15) is 0 Å². The molecule has 1 N–H and O–H groups in total. The molecule has 2 aromatic heterocycles. The third-order valence-electron chi connectivity index (χ3n) is 2.81. The van der Waals surface area contributed by atoms with Gasteiger partial charge in [0.2, 0.25) is 0 Å². The fourth-order valence-corrected chi connectivity index (χ4v) is 4.71. The lowest BCUT2D eigenvalue weighted by Gasteiger charge is -2.02. The Morgan fingerprint density at radius 3 is 2.78 bits per heavy atom. The van der Waals surface area contributed by atoms with Crippen LogP contribution in [0.2, 0.25) is 0 Å². The standard InChI is InChI=1S/C10H12N4O2S2/c1-6-10(17-7(2)12-6)18(15,16)14-5-8-3-11-4-9(8)13-14/h5,11H,3-4H2,1-2H3. The molecule has 0 saturated carbocycles. The Bertz CT molecular complexity index is 693. The quantitative estimate of drug-likeness (QED) is 0.882. The highest BCUT2D eigenvalue weighted by atomic mass is 32.2. The van der Waals surface area contributed by atoms with Crippen molar-refractivity contribution in [2.45, 2.75) is 31.1 Å². The van der Waals surface area contributed by atoms with Gasteiger partial charge in [0.15, 0.2) is 4.21 Å². The first-order chi connectivity index (χ1) is 8.48. The summed E-state index contributed by atoms with van der Waals surface area (Å²) in [5.74, 6) is 0. The molecule has 0 saturated heterocycles. The lowest BCUT2D eigenvalue weighted by atomic mass is 10.3. The molecule has 0 fully saturated rings. The normalized spacial score (nSPS) is 15.0. The van der Waals surface area contributed by atoms with Gasteiger partial charge in [-0.05, 0) is 13.8 Å². The highest BCUT2D eigenvalue weighted by molar-refractivity contribution is 7.92. The van der Waals surface area contributed by atoms with E-state index in [9.17, 15) is 8.42 Å². The molecule has 8 heteroatoms. The summed E-state index contributed by atoms with van der Waals surface area (Å²) in [5, 5.41) is 8.00. The van der Waals surface area contributed by atoms with Crippen LogP contribution in [-0.4, -0.2) is 22.6 Å². The van der Waals surface area contributed by atoms with Crippen LogP contribution in [0.1, 0.15) is 22.0 Å². The van der Waals surface area contributed by atoms with Gasteiger partial charge < -0.3 is 5.32 Å². The summed E-state index contributed by atoms with van der Waals surface area (Å²) in [6.07, 6.45) is 1.58. The van der Waals surface area contributed by atoms with Gasteiger partial charge in [-0.3, -0.25) is 0 Å². The van der Waals surface area contributed by atoms with Gasteiger partial charge in [-0.2, -0.15) is 17.6 Å². The molecule has 0 amide bonds. The van der Waals surface area contributed by atoms with Crippen LogP contribution in [0.3, 0.4) is 0 Å². The minimum Gasteiger partial charge on any atom is -0.307 e. The van der Waals surface area contributed by atoms with Crippen molar-refractivity contribution < 1.29 is 8.42 Å². The summed E-state index contributed by atoms with van der Waals surface area (Å²) < 4.78 is 26.2. The van der Waals surface area contributed by atoms with Crippen molar-refractivity contribution in [1.29, 1.82) is 0 Å². The minimum absolute atomic E-state index is 0.272. The van der Waals surface area contributed by atoms with E-state index in [1.54, 1.807) is 20.0 Å². The molecule has 0 bridgehead atoms. The van der Waals surface area contributed by atoms with Gasteiger partial charge in [-0.25, -0.2) is 4.98 Å². The van der Waals surface area contributed by atoms with E-state index in [-0.39, 0.29) is 4.21 Å². The SMILES string of the molecule is Cc1nc(C)c(S(=O)(=O)n2cc3c(n2)CNC3)s1. The van der Waals surface area contributed by atoms with E-state index in [1.165, 1.54) is 11.3 Å². The fraction of sp³-hybridized carbons (Fsp3) is 0.400. The van der Waals surface area contributed by atoms with Crippen LogP contribution in [0, 0.1) is 13.8 Å². The molecule has 2 aromatic rings. The molecule has 0 atom stereocenters. The summed E-state index contributed by atoms with van der Waals surface area (Å²) in [6, 6.07) is 0. The van der Waals surface area contributed by atoms with E-state index in [4.69, 9.17) is 0 Å². The van der Waals surface area contributed by atoms with Crippen molar-refractivity contribution in [1.82, 2.24) is 19.5 Å². The molecule has 0 aliphatic carbocycles. The molecular weight excluding hydrogens is 272 g/mol. The third kappa shape index (κ3) is 1.68. The molecule has 6 nitrogen and oxygen atoms in total. The van der Waals surface area contributed by atoms with Crippen molar-refractivity contribution in [3.8, 4) is 0 Å². The zero-order valence-corrected chi connectivity index (χ0v) is 11.6. The van der Waals surface area contributed by atoms with Gasteiger partial charge in [0.25, 0.3) is 10.0 Å². The Balaban J connectivity index is 2.12. The molecule has 3 rings (SSSR count). The average molecular weight is 284 g/mol. The van der Waals surface area contributed by atoms with Gasteiger partial charge in [-0.15, -0.1) is 11.3 Å². The molecule has 3 heterocycles. The van der Waals surface area contributed by atoms with Crippen LogP contribution >= 0.6 is 11.3 Å². The van der Waals surface area contributed by atoms with Crippen molar-refractivity contribution in [2.75, 3.05) is 0 Å². The van der Waals surface area contributed by atoms with Crippen LogP contribution < -0.4 is 5.32 Å². The molecule has 18 heavy (non-hydrogen) atoms. The highest BCUT2D eigenvalue weighted by Crippen LogP contribution is 2.26. The lowest BCUT2D eigenvalue weighted by molar-refractivity contribution is 0.579. The predicted octanol–water partition coefficient (Wildman–Crippen LogP) is 0.797. The van der Waals surface area contributed by atoms with Crippen LogP contribution in [0.15, 0.2) is 10.4 Å². The molecule has 1 aliphatic heterocycles. The van der Waals surface area contributed by atoms with Gasteiger partial charge in [0, 0.05) is 24.8 Å². The topological polar surface area (TPSA) is 76.9 Å². The summed E-state index contributed by atoms with van der Waals surface area (Å²) in [4.78, 5) is 4.15. The van der Waals surface area contributed by atoms with Crippen molar-refractivity contribution in [2.24, 2.45) is 0 Å². The molecule has 0 spiro atoms. The summed E-state index contributed by atoms with van der Waals surface area (Å²) >= 11 is 1.18. The zero-order chi connectivity index (χ0) is 12.9. The van der Waals surface area contributed by atoms with E-state index >= 15 is 0 Å². The zero-order valence-electron chi connectivity index (χ0n) is 9.97. The van der Waals surface area contributed by atoms with Gasteiger partial charge >= 0.3 is 0 Å². The Morgan fingerprint density at radius 1 is 1.39 bits per heavy atom. The van der Waals surface area contributed by atoms with E-state index in [0.29, 0.717) is 18.8 Å². The lowest BCUT2D eigenvalue weighted by Crippen LogP contribution is -2.15. The Kier molecular flexibility index (Phi) is 2.54. The first kappa shape index (κ1) is 11.8. The summed E-state index contributed by atoms with van der Waals surface area (Å²) in [5.41, 5.74) is 2.28. The Hall–Kier alpha value is -1.25. The number of aromatic nitrogens is 3. The largest absolute Gasteiger partial charge is 0.307 e. The number of rotatable bonds is 2. The second kappa shape index (κ2) is 3.87. The molecular formula is C10H12N4O2S2. The third-order valence-corrected chi connectivity index (χ3v) is 6.00. The second-order valence-corrected chi connectivity index (χ2v) is 7.38. The van der Waals surface area contributed by atoms with E-state index in [2.05, 4.69) is 15.4 Å². The van der Waals surface area contributed by atoms with Crippen molar-refractivity contribution in [3.63, 3.8) is 0 Å². The maximum absolute atomic E-state index is 12.4. The van der Waals surface area contributed by atoms with E-state index in [1.807, 2.05) is 0 Å². The number of thiazole rings is 1. The minimum atomic E-state index is -3.59. The van der Waals surface area contributed by atoms with Gasteiger partial charge in [0.05, 0.1) is 16.4 Å². The Labute approximate surface area is 109 Å². The average Bonchev–Trinajstić information content (AvgIpc) is 2.90. The first-order valence-electron chi connectivity index (χ1n) is 5.46. The maximum atomic E-state index is 12.4. The van der Waals surface area contributed by atoms with Crippen LogP contribution in [-0.2, 0) is 23.1 Å². The molecule has 0 unspecified atom stereocenters. The first-order valence-corrected chi connectivity index (χ1v) is 7.72. The molecule has 0 aromatic carbocycles. The molecule has 0 radical (unpaired) electrons. The fourth-order valence-electron chi connectivity index (χ4n) is 1.99. The second-order valence-electron chi connectivity index (χ2n) is 4.19. The number of nitrogens with one attached hydrogen (secondary N) is 1. The van der Waals surface area contributed by atoms with Gasteiger partial charge in [-0.1, -0.05) is 0 Å². The molecule has 96 valence electrons. The van der Waals surface area contributed by atoms with Crippen LogP contribution in [0.25, 0.3) is 0 Å². The summed E-state index contributed by atoms with van der Waals surface area (Å²) in [6.45, 7) is 4.79. The number of hydrogen-bond donors (Lipinski definition) is 1. The van der Waals surface area contributed by atoms with Crippen LogP contribution in [0.5, 0.6) is 0 Å². The van der Waals surface area contributed by atoms with Crippen molar-refractivity contribution >= 4 is 21.4 Å². The smallest absolute Gasteiger partial charge is 0.294 e. The maximum Gasteiger partial charge on any atom is 0.294 e. The van der Waals surface area contributed by atoms with Crippen molar-refractivity contribution in [3.05, 3.63) is 28.2 Å². The van der Waals surface area contributed by atoms with E-state index < -0.39 is 10.0 Å². The Morgan fingerprint density at radius 2 is 2.17 bits per heavy atom. The highest BCUT2D eigenvalue weighted by Gasteiger charge is 2.26.